The quantitative estimate of drug-likeness (QED) is 0.239. The number of rotatable bonds is 6. The van der Waals surface area contributed by atoms with Crippen molar-refractivity contribution < 1.29 is 16.0 Å². The molecule has 0 spiro atoms. The Hall–Kier alpha value is -4.37. The number of fused-ring (bicyclic) bond motifs is 1. The van der Waals surface area contributed by atoms with Crippen LogP contribution in [0.4, 0.5) is 10.2 Å². The molecule has 4 aromatic rings. The molecule has 0 aliphatic carbocycles. The molecule has 0 saturated carbocycles. The van der Waals surface area contributed by atoms with Crippen LogP contribution in [0.1, 0.15) is 57.3 Å². The van der Waals surface area contributed by atoms with E-state index in [0.717, 1.165) is 4.57 Å². The van der Waals surface area contributed by atoms with Gasteiger partial charge in [0.25, 0.3) is 0 Å². The predicted molar refractivity (Wildman–Crippen MR) is 170 cm³/mol. The highest BCUT2D eigenvalue weighted by Crippen LogP contribution is 2.38. The normalized spacial score (nSPS) is 17.2. The van der Waals surface area contributed by atoms with Crippen molar-refractivity contribution in [3.8, 4) is 16.9 Å². The maximum Gasteiger partial charge on any atom is 0.355 e. The number of carbonyl (C=O) groups excluding carboxylic acids is 1. The average Bonchev–Trinajstić information content (AvgIpc) is 3.03. The number of nitrogens with zero attached hydrogens (tertiary/aromatic N) is 6. The number of carbonyl (C=O) groups is 1. The van der Waals surface area contributed by atoms with Crippen molar-refractivity contribution in [3.63, 3.8) is 0 Å². The predicted octanol–water partition coefficient (Wildman–Crippen LogP) is 6.32. The lowest BCUT2D eigenvalue weighted by molar-refractivity contribution is -0.126. The third kappa shape index (κ3) is 5.33. The largest absolute Gasteiger partial charge is 0.355 e. The van der Waals surface area contributed by atoms with Gasteiger partial charge in [-0.25, -0.2) is 18.7 Å². The van der Waals surface area contributed by atoms with Gasteiger partial charge in [-0.1, -0.05) is 56.3 Å². The zero-order chi connectivity index (χ0) is 35.2. The van der Waals surface area contributed by atoms with Gasteiger partial charge in [-0.2, -0.15) is 4.98 Å². The molecule has 1 amide bonds. The molecule has 4 heterocycles. The Bertz CT molecular complexity index is 2040. The van der Waals surface area contributed by atoms with E-state index in [2.05, 4.69) is 16.5 Å². The van der Waals surface area contributed by atoms with E-state index < -0.39 is 24.9 Å². The van der Waals surface area contributed by atoms with E-state index in [1.165, 1.54) is 43.5 Å². The molecule has 0 unspecified atom stereocenters. The topological polar surface area (TPSA) is 84.2 Å². The van der Waals surface area contributed by atoms with Crippen LogP contribution in [0, 0.1) is 12.7 Å². The number of aromatic nitrogens is 4. The highest BCUT2D eigenvalue weighted by Gasteiger charge is 2.31. The molecule has 1 fully saturated rings. The molecular formula is C33H34ClFN6O2. The Morgan fingerprint density at radius 3 is 2.74 bits per heavy atom. The van der Waals surface area contributed by atoms with Crippen molar-refractivity contribution >= 4 is 39.9 Å². The van der Waals surface area contributed by atoms with Crippen molar-refractivity contribution in [3.05, 3.63) is 93.9 Å². The van der Waals surface area contributed by atoms with Crippen molar-refractivity contribution in [2.75, 3.05) is 24.5 Å². The smallest absolute Gasteiger partial charge is 0.350 e. The average molecular weight is 606 g/mol. The maximum atomic E-state index is 15.7. The van der Waals surface area contributed by atoms with Crippen molar-refractivity contribution in [1.29, 1.82) is 0 Å². The van der Waals surface area contributed by atoms with Crippen LogP contribution in [-0.2, 0) is 4.79 Å². The molecule has 10 heteroatoms. The lowest BCUT2D eigenvalue weighted by Gasteiger charge is -2.40. The van der Waals surface area contributed by atoms with E-state index in [9.17, 15) is 9.59 Å². The highest BCUT2D eigenvalue weighted by atomic mass is 35.5. The van der Waals surface area contributed by atoms with E-state index in [0.29, 0.717) is 25.3 Å². The first-order chi connectivity index (χ1) is 22.6. The molecule has 0 bridgehead atoms. The molecule has 3 aromatic heterocycles. The van der Waals surface area contributed by atoms with Gasteiger partial charge in [-0.15, -0.1) is 0 Å². The van der Waals surface area contributed by atoms with Gasteiger partial charge in [-0.3, -0.25) is 9.78 Å². The fraction of sp³-hybridized carbons (Fsp3) is 0.303. The summed E-state index contributed by atoms with van der Waals surface area (Å²) in [5, 5.41) is 0.270. The minimum absolute atomic E-state index is 0.00847. The van der Waals surface area contributed by atoms with Gasteiger partial charge in [-0.05, 0) is 62.0 Å². The van der Waals surface area contributed by atoms with Crippen LogP contribution in [0.3, 0.4) is 0 Å². The van der Waals surface area contributed by atoms with Crippen molar-refractivity contribution in [2.24, 2.45) is 0 Å². The standard InChI is InChI=1S/C33H34ClFN6O2/c1-8-26(42)39-14-15-40(21(7)17-39)31-23-16-24(34)29(27-22(18(2)3)10-9-11-25(27)35)37-32(23)41(33(43)38-31)30-20(6)12-13-36-28(30)19(4)5/h8-13,16,19,21H,1-2,14-15,17H2,3-7H3/t21-/m0/s1/i2D2,6D3. The van der Waals surface area contributed by atoms with E-state index >= 15 is 4.39 Å². The van der Waals surface area contributed by atoms with Gasteiger partial charge in [0.2, 0.25) is 5.91 Å². The number of piperazine rings is 1. The zero-order valence-electron chi connectivity index (χ0n) is 29.3. The summed E-state index contributed by atoms with van der Waals surface area (Å²) in [6, 6.07) is 6.70. The second-order valence-electron chi connectivity index (χ2n) is 10.8. The Morgan fingerprint density at radius 1 is 1.28 bits per heavy atom. The summed E-state index contributed by atoms with van der Waals surface area (Å²) in [7, 11) is 0. The van der Waals surface area contributed by atoms with E-state index in [-0.39, 0.29) is 73.4 Å². The van der Waals surface area contributed by atoms with Gasteiger partial charge in [0.05, 0.1) is 30.2 Å². The number of pyridine rings is 2. The molecule has 8 nitrogen and oxygen atoms in total. The molecule has 0 radical (unpaired) electrons. The second kappa shape index (κ2) is 11.7. The number of halogens is 2. The van der Waals surface area contributed by atoms with E-state index in [4.69, 9.17) is 23.4 Å². The van der Waals surface area contributed by atoms with Crippen LogP contribution in [0.25, 0.3) is 33.6 Å². The molecule has 222 valence electrons. The van der Waals surface area contributed by atoms with Gasteiger partial charge < -0.3 is 9.80 Å². The molecule has 1 saturated heterocycles. The first-order valence-corrected chi connectivity index (χ1v) is 14.2. The first-order valence-electron chi connectivity index (χ1n) is 16.3. The Labute approximate surface area is 262 Å². The molecule has 1 aliphatic heterocycles. The van der Waals surface area contributed by atoms with Crippen LogP contribution < -0.4 is 10.6 Å². The summed E-state index contributed by atoms with van der Waals surface area (Å²) >= 11 is 6.88. The maximum absolute atomic E-state index is 15.7. The third-order valence-corrected chi connectivity index (χ3v) is 7.85. The van der Waals surface area contributed by atoms with E-state index in [1.807, 2.05) is 25.7 Å². The zero-order valence-corrected chi connectivity index (χ0v) is 25.0. The van der Waals surface area contributed by atoms with Crippen LogP contribution >= 0.6 is 11.6 Å². The monoisotopic (exact) mass is 605 g/mol. The third-order valence-electron chi connectivity index (χ3n) is 7.56. The Kier molecular flexibility index (Phi) is 6.57. The number of anilines is 1. The van der Waals surface area contributed by atoms with Crippen LogP contribution in [-0.4, -0.2) is 56.0 Å². The van der Waals surface area contributed by atoms with Crippen LogP contribution in [0.15, 0.2) is 60.5 Å². The lowest BCUT2D eigenvalue weighted by Crippen LogP contribution is -2.54. The summed E-state index contributed by atoms with van der Waals surface area (Å²) in [6.45, 7) is 8.29. The summed E-state index contributed by atoms with van der Waals surface area (Å²) in [4.78, 5) is 43.8. The minimum atomic E-state index is -2.66. The van der Waals surface area contributed by atoms with Gasteiger partial charge in [0.15, 0.2) is 5.65 Å². The molecule has 43 heavy (non-hydrogen) atoms. The van der Waals surface area contributed by atoms with E-state index in [1.54, 1.807) is 11.0 Å². The number of benzene rings is 1. The second-order valence-corrected chi connectivity index (χ2v) is 11.2. The summed E-state index contributed by atoms with van der Waals surface area (Å²) < 4.78 is 57.6. The number of allylic oxidation sites excluding steroid dienone is 1. The van der Waals surface area contributed by atoms with Crippen molar-refractivity contribution in [2.45, 2.75) is 46.5 Å². The SMILES string of the molecule is [2H]C([2H])=C(C)c1cccc(F)c1-c1nc2c(cc1Cl)c(N1CCN(C(=O)C=C)C[C@@H]1C)nc(=O)n2-c1c(C([2H])([2H])[2H])ccnc1C(C)C. The number of hydrogen-bond donors (Lipinski definition) is 0. The summed E-state index contributed by atoms with van der Waals surface area (Å²) in [5.74, 6) is -1.08. The molecule has 1 atom stereocenters. The van der Waals surface area contributed by atoms with Crippen LogP contribution in [0.2, 0.25) is 5.02 Å². The van der Waals surface area contributed by atoms with Gasteiger partial charge >= 0.3 is 5.69 Å². The molecular weight excluding hydrogens is 567 g/mol. The Balaban J connectivity index is 1.92. The number of aryl methyl sites for hydroxylation is 1. The molecule has 1 aliphatic rings. The number of amides is 1. The fourth-order valence-electron chi connectivity index (χ4n) is 5.51. The van der Waals surface area contributed by atoms with Crippen LogP contribution in [0.5, 0.6) is 0 Å². The fourth-order valence-corrected chi connectivity index (χ4v) is 5.75. The first kappa shape index (κ1) is 24.1. The van der Waals surface area contributed by atoms with Gasteiger partial charge in [0, 0.05) is 41.5 Å². The van der Waals surface area contributed by atoms with Crippen molar-refractivity contribution in [1.82, 2.24) is 24.4 Å². The minimum Gasteiger partial charge on any atom is -0.350 e. The molecule has 0 N–H and O–H groups in total. The van der Waals surface area contributed by atoms with Gasteiger partial charge in [0.1, 0.15) is 11.6 Å². The number of hydrogen-bond acceptors (Lipinski definition) is 6. The summed E-state index contributed by atoms with van der Waals surface area (Å²) in [5.41, 5.74) is -0.555. The lowest BCUT2D eigenvalue weighted by atomic mass is 9.98. The Morgan fingerprint density at radius 2 is 2.07 bits per heavy atom. The molecule has 1 aromatic carbocycles. The highest BCUT2D eigenvalue weighted by molar-refractivity contribution is 6.34. The summed E-state index contributed by atoms with van der Waals surface area (Å²) in [6.07, 6.45) is 2.61. The molecule has 5 rings (SSSR count).